The van der Waals surface area contributed by atoms with Gasteiger partial charge in [0.25, 0.3) is 0 Å². The van der Waals surface area contributed by atoms with Crippen molar-refractivity contribution in [2.24, 2.45) is 5.41 Å². The molecule has 1 aliphatic heterocycles. The topological polar surface area (TPSA) is 33.5 Å². The summed E-state index contributed by atoms with van der Waals surface area (Å²) in [5.74, 6) is -0.0752. The number of alkyl halides is 6. The molecule has 1 aromatic heterocycles. The number of furan rings is 1. The molecule has 3 nitrogen and oxygen atoms in total. The SMILES string of the molecule is Cc1ccc(/C=C\C(=O)N2CCC(C(F)(F)F)(C(F)(F)F)C2)o1. The summed E-state index contributed by atoms with van der Waals surface area (Å²) in [6, 6.07) is 3.14. The van der Waals surface area contributed by atoms with Crippen molar-refractivity contribution in [2.75, 3.05) is 13.1 Å². The van der Waals surface area contributed by atoms with Crippen LogP contribution in [0.15, 0.2) is 22.6 Å². The van der Waals surface area contributed by atoms with Crippen molar-refractivity contribution < 1.29 is 35.6 Å². The van der Waals surface area contributed by atoms with Gasteiger partial charge in [-0.15, -0.1) is 0 Å². The second-order valence-corrected chi connectivity index (χ2v) is 5.37. The van der Waals surface area contributed by atoms with E-state index in [1.807, 2.05) is 0 Å². The van der Waals surface area contributed by atoms with Gasteiger partial charge in [-0.3, -0.25) is 4.79 Å². The molecule has 0 spiro atoms. The maximum atomic E-state index is 12.9. The molecular weight excluding hydrogens is 328 g/mol. The molecule has 23 heavy (non-hydrogen) atoms. The van der Waals surface area contributed by atoms with E-state index in [-0.39, 0.29) is 5.76 Å². The molecule has 2 rings (SSSR count). The van der Waals surface area contributed by atoms with Crippen LogP contribution in [0.5, 0.6) is 0 Å². The van der Waals surface area contributed by atoms with Crippen LogP contribution in [-0.4, -0.2) is 36.2 Å². The largest absolute Gasteiger partial charge is 0.462 e. The Hall–Kier alpha value is -1.93. The summed E-state index contributed by atoms with van der Waals surface area (Å²) in [4.78, 5) is 12.4. The summed E-state index contributed by atoms with van der Waals surface area (Å²) >= 11 is 0. The highest BCUT2D eigenvalue weighted by molar-refractivity contribution is 5.91. The third-order valence-corrected chi connectivity index (χ3v) is 3.82. The monoisotopic (exact) mass is 341 g/mol. The van der Waals surface area contributed by atoms with Crippen LogP contribution in [0.25, 0.3) is 6.08 Å². The molecule has 0 N–H and O–H groups in total. The van der Waals surface area contributed by atoms with Crippen LogP contribution in [0, 0.1) is 12.3 Å². The standard InChI is InChI=1S/C14H13F6NO2/c1-9-2-3-10(23-9)4-5-11(22)21-7-6-12(8-21,13(15,16)17)14(18,19)20/h2-5H,6-8H2,1H3/b5-4-. The predicted molar refractivity (Wildman–Crippen MR) is 68.2 cm³/mol. The van der Waals surface area contributed by atoms with Crippen LogP contribution >= 0.6 is 0 Å². The Bertz CT molecular complexity index is 600. The molecule has 2 heterocycles. The van der Waals surface area contributed by atoms with E-state index in [4.69, 9.17) is 4.42 Å². The highest BCUT2D eigenvalue weighted by Gasteiger charge is 2.72. The van der Waals surface area contributed by atoms with Crippen LogP contribution in [-0.2, 0) is 4.79 Å². The minimum Gasteiger partial charge on any atom is -0.462 e. The number of aryl methyl sites for hydroxylation is 1. The number of amides is 1. The molecule has 1 fully saturated rings. The van der Waals surface area contributed by atoms with E-state index in [0.717, 1.165) is 6.08 Å². The van der Waals surface area contributed by atoms with E-state index in [2.05, 4.69) is 0 Å². The maximum absolute atomic E-state index is 12.9. The molecule has 1 saturated heterocycles. The zero-order valence-electron chi connectivity index (χ0n) is 12.0. The lowest BCUT2D eigenvalue weighted by Gasteiger charge is -2.33. The average molecular weight is 341 g/mol. The Labute approximate surface area is 127 Å². The third kappa shape index (κ3) is 3.23. The fourth-order valence-electron chi connectivity index (χ4n) is 2.42. The van der Waals surface area contributed by atoms with Gasteiger partial charge in [-0.1, -0.05) is 0 Å². The van der Waals surface area contributed by atoms with Crippen molar-refractivity contribution in [3.63, 3.8) is 0 Å². The Morgan fingerprint density at radius 1 is 1.22 bits per heavy atom. The number of nitrogens with zero attached hydrogens (tertiary/aromatic N) is 1. The highest BCUT2D eigenvalue weighted by atomic mass is 19.4. The van der Waals surface area contributed by atoms with Crippen LogP contribution in [0.2, 0.25) is 0 Å². The van der Waals surface area contributed by atoms with Gasteiger partial charge in [0.05, 0.1) is 0 Å². The van der Waals surface area contributed by atoms with E-state index in [0.29, 0.717) is 10.7 Å². The van der Waals surface area contributed by atoms with Gasteiger partial charge in [-0.05, 0) is 31.6 Å². The summed E-state index contributed by atoms with van der Waals surface area (Å²) in [7, 11) is 0. The van der Waals surface area contributed by atoms with Gasteiger partial charge in [-0.2, -0.15) is 26.3 Å². The maximum Gasteiger partial charge on any atom is 0.404 e. The first kappa shape index (κ1) is 17.4. The Kier molecular flexibility index (Phi) is 4.25. The number of halogens is 6. The number of carbonyl (C=O) groups excluding carboxylic acids is 1. The molecule has 9 heteroatoms. The lowest BCUT2D eigenvalue weighted by atomic mass is 9.85. The van der Waals surface area contributed by atoms with E-state index in [9.17, 15) is 31.1 Å². The molecule has 0 aromatic carbocycles. The Morgan fingerprint density at radius 2 is 1.83 bits per heavy atom. The molecule has 0 radical (unpaired) electrons. The second kappa shape index (κ2) is 5.61. The van der Waals surface area contributed by atoms with Crippen molar-refractivity contribution >= 4 is 12.0 Å². The highest BCUT2D eigenvalue weighted by Crippen LogP contribution is 2.55. The first-order valence-corrected chi connectivity index (χ1v) is 6.63. The van der Waals surface area contributed by atoms with Gasteiger partial charge in [0.15, 0.2) is 5.41 Å². The number of hydrogen-bond donors (Lipinski definition) is 0. The number of carbonyl (C=O) groups is 1. The zero-order valence-corrected chi connectivity index (χ0v) is 12.0. The fourth-order valence-corrected chi connectivity index (χ4v) is 2.42. The van der Waals surface area contributed by atoms with Crippen LogP contribution < -0.4 is 0 Å². The van der Waals surface area contributed by atoms with Gasteiger partial charge >= 0.3 is 12.4 Å². The van der Waals surface area contributed by atoms with Crippen molar-refractivity contribution in [3.05, 3.63) is 29.7 Å². The number of hydrogen-bond acceptors (Lipinski definition) is 2. The van der Waals surface area contributed by atoms with E-state index >= 15 is 0 Å². The Balaban J connectivity index is 2.14. The molecule has 1 aromatic rings. The van der Waals surface area contributed by atoms with Gasteiger partial charge in [0.1, 0.15) is 11.5 Å². The summed E-state index contributed by atoms with van der Waals surface area (Å²) in [5.41, 5.74) is -3.87. The molecule has 0 atom stereocenters. The van der Waals surface area contributed by atoms with E-state index in [1.54, 1.807) is 13.0 Å². The Morgan fingerprint density at radius 3 is 2.26 bits per heavy atom. The average Bonchev–Trinajstić information content (AvgIpc) is 3.01. The van der Waals surface area contributed by atoms with E-state index in [1.165, 1.54) is 12.1 Å². The van der Waals surface area contributed by atoms with Gasteiger partial charge in [-0.25, -0.2) is 0 Å². The third-order valence-electron chi connectivity index (χ3n) is 3.82. The molecular formula is C14H13F6NO2. The molecule has 0 aliphatic carbocycles. The summed E-state index contributed by atoms with van der Waals surface area (Å²) in [6.07, 6.45) is -10.0. The molecule has 0 bridgehead atoms. The number of likely N-dealkylation sites (tertiary alicyclic amines) is 1. The first-order chi connectivity index (χ1) is 10.5. The van der Waals surface area contributed by atoms with Crippen molar-refractivity contribution in [3.8, 4) is 0 Å². The molecule has 1 aliphatic rings. The van der Waals surface area contributed by atoms with Crippen LogP contribution in [0.4, 0.5) is 26.3 Å². The molecule has 0 saturated carbocycles. The summed E-state index contributed by atoms with van der Waals surface area (Å²) in [5, 5.41) is 0. The summed E-state index contributed by atoms with van der Waals surface area (Å²) in [6.45, 7) is -0.389. The lowest BCUT2D eigenvalue weighted by molar-refractivity contribution is -0.334. The summed E-state index contributed by atoms with van der Waals surface area (Å²) < 4.78 is 82.6. The first-order valence-electron chi connectivity index (χ1n) is 6.63. The van der Waals surface area contributed by atoms with Crippen LogP contribution in [0.3, 0.4) is 0 Å². The van der Waals surface area contributed by atoms with Gasteiger partial charge in [0, 0.05) is 19.2 Å². The zero-order chi connectivity index (χ0) is 17.5. The van der Waals surface area contributed by atoms with Gasteiger partial charge in [0.2, 0.25) is 5.91 Å². The normalized spacial score (nSPS) is 18.8. The van der Waals surface area contributed by atoms with Crippen LogP contribution in [0.1, 0.15) is 17.9 Å². The van der Waals surface area contributed by atoms with Crippen molar-refractivity contribution in [1.82, 2.24) is 4.90 Å². The number of rotatable bonds is 2. The van der Waals surface area contributed by atoms with Gasteiger partial charge < -0.3 is 9.32 Å². The minimum atomic E-state index is -5.47. The minimum absolute atomic E-state index is 0.285. The smallest absolute Gasteiger partial charge is 0.404 e. The molecule has 0 unspecified atom stereocenters. The van der Waals surface area contributed by atoms with E-state index < -0.39 is 43.2 Å². The van der Waals surface area contributed by atoms with Crippen molar-refractivity contribution in [1.29, 1.82) is 0 Å². The van der Waals surface area contributed by atoms with Crippen molar-refractivity contribution in [2.45, 2.75) is 25.7 Å². The molecule has 1 amide bonds. The second-order valence-electron chi connectivity index (χ2n) is 5.37. The lowest BCUT2D eigenvalue weighted by Crippen LogP contribution is -2.52. The quantitative estimate of drug-likeness (QED) is 0.603. The fraction of sp³-hybridized carbons (Fsp3) is 0.500. The predicted octanol–water partition coefficient (Wildman–Crippen LogP) is 3.94. The molecule has 128 valence electrons.